The predicted molar refractivity (Wildman–Crippen MR) is 90.9 cm³/mol. The number of rotatable bonds is 4. The minimum atomic E-state index is -0.519. The molecule has 0 saturated carbocycles. The number of aromatic amines is 1. The summed E-state index contributed by atoms with van der Waals surface area (Å²) >= 11 is 0. The van der Waals surface area contributed by atoms with Gasteiger partial charge in [0.25, 0.3) is 11.2 Å². The van der Waals surface area contributed by atoms with Crippen LogP contribution in [0.2, 0.25) is 0 Å². The fourth-order valence-electron chi connectivity index (χ4n) is 2.23. The Hall–Kier alpha value is -3.48. The largest absolute Gasteiger partial charge is 0.497 e. The van der Waals surface area contributed by atoms with Crippen LogP contribution in [0, 0.1) is 10.1 Å². The fourth-order valence-corrected chi connectivity index (χ4v) is 2.23. The molecule has 1 N–H and O–H groups in total. The van der Waals surface area contributed by atoms with Crippen LogP contribution in [-0.4, -0.2) is 22.0 Å². The summed E-state index contributed by atoms with van der Waals surface area (Å²) in [6.07, 6.45) is 3.42. The lowest BCUT2D eigenvalue weighted by Crippen LogP contribution is -2.09. The smallest absolute Gasteiger partial charge is 0.271 e. The lowest BCUT2D eigenvalue weighted by molar-refractivity contribution is -0.384. The van der Waals surface area contributed by atoms with Gasteiger partial charge >= 0.3 is 0 Å². The van der Waals surface area contributed by atoms with E-state index in [2.05, 4.69) is 9.97 Å². The SMILES string of the molecule is COc1ccc(/C=C/c2nc3cc([N+](=O)[O-])ccc3c(=O)[nH]2)cc1. The summed E-state index contributed by atoms with van der Waals surface area (Å²) in [5, 5.41) is 11.2. The first kappa shape index (κ1) is 15.4. The highest BCUT2D eigenvalue weighted by atomic mass is 16.6. The molecule has 0 bridgehead atoms. The van der Waals surface area contributed by atoms with Gasteiger partial charge in [-0.05, 0) is 29.8 Å². The molecule has 0 amide bonds. The van der Waals surface area contributed by atoms with Crippen molar-refractivity contribution >= 4 is 28.7 Å². The van der Waals surface area contributed by atoms with Crippen LogP contribution in [0.15, 0.2) is 47.3 Å². The molecule has 0 fully saturated rings. The standard InChI is InChI=1S/C17H13N3O4/c1-24-13-6-2-11(3-7-13)4-9-16-18-15-10-12(20(22)23)5-8-14(15)17(21)19-16/h2-10H,1H3,(H,18,19,21)/b9-4+. The lowest BCUT2D eigenvalue weighted by Gasteiger charge is -2.00. The van der Waals surface area contributed by atoms with Crippen LogP contribution >= 0.6 is 0 Å². The van der Waals surface area contributed by atoms with E-state index < -0.39 is 4.92 Å². The summed E-state index contributed by atoms with van der Waals surface area (Å²) in [6, 6.07) is 11.3. The van der Waals surface area contributed by atoms with Gasteiger partial charge in [0.05, 0.1) is 22.9 Å². The Labute approximate surface area is 136 Å². The zero-order chi connectivity index (χ0) is 17.1. The van der Waals surface area contributed by atoms with Gasteiger partial charge in [-0.25, -0.2) is 4.98 Å². The van der Waals surface area contributed by atoms with E-state index >= 15 is 0 Å². The molecule has 0 aliphatic rings. The number of hydrogen-bond acceptors (Lipinski definition) is 5. The lowest BCUT2D eigenvalue weighted by atomic mass is 10.2. The van der Waals surface area contributed by atoms with Crippen LogP contribution in [0.1, 0.15) is 11.4 Å². The van der Waals surface area contributed by atoms with Crippen molar-refractivity contribution in [1.82, 2.24) is 9.97 Å². The van der Waals surface area contributed by atoms with Crippen molar-refractivity contribution in [3.05, 3.63) is 74.3 Å². The van der Waals surface area contributed by atoms with Crippen molar-refractivity contribution in [3.8, 4) is 5.75 Å². The molecular weight excluding hydrogens is 310 g/mol. The van der Waals surface area contributed by atoms with Gasteiger partial charge in [-0.15, -0.1) is 0 Å². The number of hydrogen-bond donors (Lipinski definition) is 1. The van der Waals surface area contributed by atoms with Crippen molar-refractivity contribution in [2.24, 2.45) is 0 Å². The van der Waals surface area contributed by atoms with Gasteiger partial charge in [0.1, 0.15) is 11.6 Å². The Morgan fingerprint density at radius 1 is 1.17 bits per heavy atom. The molecule has 3 aromatic rings. The molecule has 0 radical (unpaired) electrons. The quantitative estimate of drug-likeness (QED) is 0.588. The molecule has 7 nitrogen and oxygen atoms in total. The maximum absolute atomic E-state index is 12.1. The van der Waals surface area contributed by atoms with E-state index in [0.29, 0.717) is 11.2 Å². The molecule has 0 unspecified atom stereocenters. The summed E-state index contributed by atoms with van der Waals surface area (Å²) in [6.45, 7) is 0. The minimum Gasteiger partial charge on any atom is -0.497 e. The second-order valence-electron chi connectivity index (χ2n) is 5.02. The number of nitro benzene ring substituents is 1. The summed E-state index contributed by atoms with van der Waals surface area (Å²) in [4.78, 5) is 29.3. The summed E-state index contributed by atoms with van der Waals surface area (Å²) < 4.78 is 5.09. The molecule has 0 spiro atoms. The van der Waals surface area contributed by atoms with Gasteiger partial charge in [0, 0.05) is 12.1 Å². The van der Waals surface area contributed by atoms with E-state index in [1.54, 1.807) is 19.3 Å². The zero-order valence-corrected chi connectivity index (χ0v) is 12.7. The molecule has 0 aliphatic heterocycles. The Kier molecular flexibility index (Phi) is 4.07. The predicted octanol–water partition coefficient (Wildman–Crippen LogP) is 3.01. The number of nitro groups is 1. The molecule has 0 aliphatic carbocycles. The molecule has 120 valence electrons. The zero-order valence-electron chi connectivity index (χ0n) is 12.7. The highest BCUT2D eigenvalue weighted by Gasteiger charge is 2.09. The topological polar surface area (TPSA) is 98.1 Å². The highest BCUT2D eigenvalue weighted by molar-refractivity contribution is 5.81. The maximum Gasteiger partial charge on any atom is 0.271 e. The second kappa shape index (κ2) is 6.33. The van der Waals surface area contributed by atoms with Crippen LogP contribution < -0.4 is 10.3 Å². The van der Waals surface area contributed by atoms with Crippen molar-refractivity contribution in [3.63, 3.8) is 0 Å². The van der Waals surface area contributed by atoms with E-state index in [-0.39, 0.29) is 16.8 Å². The Morgan fingerprint density at radius 3 is 2.58 bits per heavy atom. The monoisotopic (exact) mass is 323 g/mol. The fraction of sp³-hybridized carbons (Fsp3) is 0.0588. The third-order valence-corrected chi connectivity index (χ3v) is 3.47. The molecule has 0 saturated heterocycles. The van der Waals surface area contributed by atoms with Gasteiger partial charge in [0.15, 0.2) is 0 Å². The molecule has 1 aromatic heterocycles. The van der Waals surface area contributed by atoms with Gasteiger partial charge in [-0.2, -0.15) is 0 Å². The minimum absolute atomic E-state index is 0.106. The molecule has 0 atom stereocenters. The average molecular weight is 323 g/mol. The van der Waals surface area contributed by atoms with Gasteiger partial charge < -0.3 is 9.72 Å². The number of nitrogens with one attached hydrogen (secondary N) is 1. The molecule has 7 heteroatoms. The van der Waals surface area contributed by atoms with Crippen molar-refractivity contribution < 1.29 is 9.66 Å². The summed E-state index contributed by atoms with van der Waals surface area (Å²) in [7, 11) is 1.59. The van der Waals surface area contributed by atoms with E-state index in [1.165, 1.54) is 18.2 Å². The van der Waals surface area contributed by atoms with Gasteiger partial charge in [0.2, 0.25) is 0 Å². The van der Waals surface area contributed by atoms with Crippen LogP contribution in [0.4, 0.5) is 5.69 Å². The number of fused-ring (bicyclic) bond motifs is 1. The first-order valence-electron chi connectivity index (χ1n) is 7.07. The van der Waals surface area contributed by atoms with Gasteiger partial charge in [-0.1, -0.05) is 18.2 Å². The molecule has 24 heavy (non-hydrogen) atoms. The third kappa shape index (κ3) is 3.14. The first-order valence-corrected chi connectivity index (χ1v) is 7.07. The average Bonchev–Trinajstić information content (AvgIpc) is 2.60. The first-order chi connectivity index (χ1) is 11.6. The number of aromatic nitrogens is 2. The van der Waals surface area contributed by atoms with E-state index in [0.717, 1.165) is 11.3 Å². The number of ether oxygens (including phenoxy) is 1. The number of benzene rings is 2. The summed E-state index contributed by atoms with van der Waals surface area (Å²) in [5.41, 5.74) is 0.731. The Bertz CT molecular complexity index is 991. The molecule has 1 heterocycles. The van der Waals surface area contributed by atoms with Crippen molar-refractivity contribution in [2.45, 2.75) is 0 Å². The van der Waals surface area contributed by atoms with Crippen molar-refractivity contribution in [1.29, 1.82) is 0 Å². The number of H-pyrrole nitrogens is 1. The third-order valence-electron chi connectivity index (χ3n) is 3.47. The van der Waals surface area contributed by atoms with Crippen molar-refractivity contribution in [2.75, 3.05) is 7.11 Å². The molecular formula is C17H13N3O4. The normalized spacial score (nSPS) is 11.0. The number of nitrogens with zero attached hydrogens (tertiary/aromatic N) is 2. The molecule has 2 aromatic carbocycles. The Morgan fingerprint density at radius 2 is 1.92 bits per heavy atom. The van der Waals surface area contributed by atoms with Gasteiger partial charge in [-0.3, -0.25) is 14.9 Å². The van der Waals surface area contributed by atoms with Crippen LogP contribution in [0.5, 0.6) is 5.75 Å². The summed E-state index contributed by atoms with van der Waals surface area (Å²) in [5.74, 6) is 1.07. The maximum atomic E-state index is 12.1. The Balaban J connectivity index is 1.97. The number of non-ortho nitro benzene ring substituents is 1. The van der Waals surface area contributed by atoms with Crippen LogP contribution in [0.25, 0.3) is 23.1 Å². The number of methoxy groups -OCH3 is 1. The van der Waals surface area contributed by atoms with E-state index in [1.807, 2.05) is 24.3 Å². The molecule has 3 rings (SSSR count). The van der Waals surface area contributed by atoms with E-state index in [4.69, 9.17) is 4.74 Å². The van der Waals surface area contributed by atoms with E-state index in [9.17, 15) is 14.9 Å². The van der Waals surface area contributed by atoms with Crippen LogP contribution in [-0.2, 0) is 0 Å². The second-order valence-corrected chi connectivity index (χ2v) is 5.02. The van der Waals surface area contributed by atoms with Crippen LogP contribution in [0.3, 0.4) is 0 Å². The highest BCUT2D eigenvalue weighted by Crippen LogP contribution is 2.17.